The number of amides is 2. The molecular weight excluding hydrogens is 261 g/mol. The molecule has 1 fully saturated rings. The molecule has 0 spiro atoms. The molecule has 20 heavy (non-hydrogen) atoms. The maximum Gasteiger partial charge on any atom is 0.311 e. The summed E-state index contributed by atoms with van der Waals surface area (Å²) < 4.78 is 12.7. The number of rotatable bonds is 2. The Bertz CT molecular complexity index is 482. The molecule has 0 radical (unpaired) electrons. The summed E-state index contributed by atoms with van der Waals surface area (Å²) in [6, 6.07) is 5.81. The van der Waals surface area contributed by atoms with Gasteiger partial charge in [0, 0.05) is 32.7 Å². The van der Waals surface area contributed by atoms with Gasteiger partial charge in [0.25, 0.3) is 0 Å². The molecular formula is C14H18FN3O2. The van der Waals surface area contributed by atoms with Crippen LogP contribution in [0.1, 0.15) is 5.56 Å². The summed E-state index contributed by atoms with van der Waals surface area (Å²) in [7, 11) is 1.98. The molecule has 0 bridgehead atoms. The zero-order chi connectivity index (χ0) is 14.5. The second kappa shape index (κ2) is 6.47. The lowest BCUT2D eigenvalue weighted by Gasteiger charge is -2.31. The lowest BCUT2D eigenvalue weighted by molar-refractivity contribution is -0.146. The average Bonchev–Trinajstić information content (AvgIpc) is 2.46. The number of piperazine rings is 1. The number of hydrogen-bond acceptors (Lipinski definition) is 3. The second-order valence-electron chi connectivity index (χ2n) is 4.90. The summed E-state index contributed by atoms with van der Waals surface area (Å²) in [5.74, 6) is -1.44. The largest absolute Gasteiger partial charge is 0.344 e. The molecule has 1 N–H and O–H groups in total. The van der Waals surface area contributed by atoms with Crippen molar-refractivity contribution in [2.45, 2.75) is 6.54 Å². The number of hydrogen-bond donors (Lipinski definition) is 1. The van der Waals surface area contributed by atoms with Gasteiger partial charge in [-0.1, -0.05) is 12.1 Å². The van der Waals surface area contributed by atoms with Gasteiger partial charge in [0.15, 0.2) is 0 Å². The van der Waals surface area contributed by atoms with Crippen LogP contribution in [0.25, 0.3) is 0 Å². The summed E-state index contributed by atoms with van der Waals surface area (Å²) in [5, 5.41) is 2.56. The van der Waals surface area contributed by atoms with Crippen molar-refractivity contribution in [3.05, 3.63) is 35.6 Å². The van der Waals surface area contributed by atoms with Gasteiger partial charge < -0.3 is 15.1 Å². The van der Waals surface area contributed by atoms with E-state index in [1.807, 2.05) is 7.05 Å². The van der Waals surface area contributed by atoms with Crippen molar-refractivity contribution in [1.82, 2.24) is 15.1 Å². The lowest BCUT2D eigenvalue weighted by atomic mass is 10.2. The first-order valence-corrected chi connectivity index (χ1v) is 6.56. The quantitative estimate of drug-likeness (QED) is 0.788. The van der Waals surface area contributed by atoms with E-state index in [1.54, 1.807) is 17.0 Å². The van der Waals surface area contributed by atoms with Crippen molar-refractivity contribution in [2.24, 2.45) is 0 Å². The van der Waals surface area contributed by atoms with Gasteiger partial charge in [-0.3, -0.25) is 9.59 Å². The lowest BCUT2D eigenvalue weighted by Crippen LogP contribution is -2.51. The number of likely N-dealkylation sites (N-methyl/N-ethyl adjacent to an activating group) is 1. The highest BCUT2D eigenvalue weighted by Crippen LogP contribution is 2.03. The minimum absolute atomic E-state index is 0.221. The van der Waals surface area contributed by atoms with Crippen LogP contribution in [0.3, 0.4) is 0 Å². The maximum absolute atomic E-state index is 12.7. The number of halogens is 1. The molecule has 0 aromatic heterocycles. The topological polar surface area (TPSA) is 52.7 Å². The molecule has 2 rings (SSSR count). The van der Waals surface area contributed by atoms with Crippen LogP contribution >= 0.6 is 0 Å². The molecule has 0 atom stereocenters. The first kappa shape index (κ1) is 14.5. The number of nitrogens with one attached hydrogen (secondary N) is 1. The molecule has 2 amide bonds. The van der Waals surface area contributed by atoms with Crippen molar-refractivity contribution in [3.8, 4) is 0 Å². The van der Waals surface area contributed by atoms with Crippen molar-refractivity contribution in [3.63, 3.8) is 0 Å². The molecule has 1 aromatic carbocycles. The van der Waals surface area contributed by atoms with Gasteiger partial charge in [-0.2, -0.15) is 0 Å². The predicted octanol–water partition coefficient (Wildman–Crippen LogP) is 0.216. The summed E-state index contributed by atoms with van der Waals surface area (Å²) in [6.45, 7) is 2.91. The Morgan fingerprint density at radius 1 is 1.15 bits per heavy atom. The standard InChI is InChI=1S/C14H18FN3O2/c1-17-6-8-18(9-7-17)14(20)13(19)16-10-11-2-4-12(15)5-3-11/h2-5H,6-10H2,1H3,(H,16,19). The van der Waals surface area contributed by atoms with Gasteiger partial charge in [0.2, 0.25) is 0 Å². The summed E-state index contributed by atoms with van der Waals surface area (Å²) >= 11 is 0. The Morgan fingerprint density at radius 3 is 2.35 bits per heavy atom. The van der Waals surface area contributed by atoms with Crippen LogP contribution in [0.15, 0.2) is 24.3 Å². The first-order chi connectivity index (χ1) is 9.56. The van der Waals surface area contributed by atoms with E-state index in [4.69, 9.17) is 0 Å². The molecule has 5 nitrogen and oxygen atoms in total. The fourth-order valence-corrected chi connectivity index (χ4v) is 2.01. The van der Waals surface area contributed by atoms with Crippen LogP contribution in [0.4, 0.5) is 4.39 Å². The third-order valence-electron chi connectivity index (χ3n) is 3.35. The maximum atomic E-state index is 12.7. The van der Waals surface area contributed by atoms with Crippen LogP contribution in [-0.4, -0.2) is 54.8 Å². The summed E-state index contributed by atoms with van der Waals surface area (Å²) in [5.41, 5.74) is 0.755. The summed E-state index contributed by atoms with van der Waals surface area (Å²) in [6.07, 6.45) is 0. The molecule has 0 saturated carbocycles. The number of carbonyl (C=O) groups excluding carboxylic acids is 2. The predicted molar refractivity (Wildman–Crippen MR) is 72.3 cm³/mol. The highest BCUT2D eigenvalue weighted by atomic mass is 19.1. The van der Waals surface area contributed by atoms with Crippen molar-refractivity contribution >= 4 is 11.8 Å². The van der Waals surface area contributed by atoms with Crippen molar-refractivity contribution in [2.75, 3.05) is 33.2 Å². The Kier molecular flexibility index (Phi) is 4.68. The third-order valence-corrected chi connectivity index (χ3v) is 3.35. The highest BCUT2D eigenvalue weighted by molar-refractivity contribution is 6.34. The minimum Gasteiger partial charge on any atom is -0.344 e. The molecule has 0 aliphatic carbocycles. The number of carbonyl (C=O) groups is 2. The van der Waals surface area contributed by atoms with Crippen LogP contribution < -0.4 is 5.32 Å². The van der Waals surface area contributed by atoms with Gasteiger partial charge in [-0.25, -0.2) is 4.39 Å². The van der Waals surface area contributed by atoms with E-state index in [-0.39, 0.29) is 12.4 Å². The second-order valence-corrected chi connectivity index (χ2v) is 4.90. The molecule has 1 saturated heterocycles. The molecule has 0 unspecified atom stereocenters. The van der Waals surface area contributed by atoms with Crippen molar-refractivity contribution < 1.29 is 14.0 Å². The van der Waals surface area contributed by atoms with Gasteiger partial charge in [0.05, 0.1) is 0 Å². The third kappa shape index (κ3) is 3.77. The Labute approximate surface area is 117 Å². The Hall–Kier alpha value is -1.95. The van der Waals surface area contributed by atoms with Gasteiger partial charge >= 0.3 is 11.8 Å². The molecule has 1 aromatic rings. The highest BCUT2D eigenvalue weighted by Gasteiger charge is 2.24. The average molecular weight is 279 g/mol. The Balaban J connectivity index is 1.82. The number of nitrogens with zero attached hydrogens (tertiary/aromatic N) is 2. The van der Waals surface area contributed by atoms with Gasteiger partial charge in [-0.15, -0.1) is 0 Å². The zero-order valence-corrected chi connectivity index (χ0v) is 11.4. The van der Waals surface area contributed by atoms with E-state index >= 15 is 0 Å². The normalized spacial score (nSPS) is 16.0. The van der Waals surface area contributed by atoms with Crippen LogP contribution in [0.5, 0.6) is 0 Å². The van der Waals surface area contributed by atoms with E-state index in [1.165, 1.54) is 12.1 Å². The smallest absolute Gasteiger partial charge is 0.311 e. The van der Waals surface area contributed by atoms with Crippen LogP contribution in [0, 0.1) is 5.82 Å². The molecule has 6 heteroatoms. The molecule has 1 heterocycles. The van der Waals surface area contributed by atoms with E-state index in [2.05, 4.69) is 10.2 Å². The molecule has 1 aliphatic heterocycles. The Morgan fingerprint density at radius 2 is 1.75 bits per heavy atom. The van der Waals surface area contributed by atoms with Crippen LogP contribution in [0.2, 0.25) is 0 Å². The van der Waals surface area contributed by atoms with Crippen molar-refractivity contribution in [1.29, 1.82) is 0 Å². The van der Waals surface area contributed by atoms with Gasteiger partial charge in [-0.05, 0) is 24.7 Å². The van der Waals surface area contributed by atoms with E-state index in [9.17, 15) is 14.0 Å². The van der Waals surface area contributed by atoms with E-state index < -0.39 is 11.8 Å². The van der Waals surface area contributed by atoms with Gasteiger partial charge in [0.1, 0.15) is 5.82 Å². The van der Waals surface area contributed by atoms with E-state index in [0.717, 1.165) is 18.7 Å². The SMILES string of the molecule is CN1CCN(C(=O)C(=O)NCc2ccc(F)cc2)CC1. The fourth-order valence-electron chi connectivity index (χ4n) is 2.01. The minimum atomic E-state index is -0.612. The molecule has 108 valence electrons. The monoisotopic (exact) mass is 279 g/mol. The molecule has 1 aliphatic rings. The van der Waals surface area contributed by atoms with E-state index in [0.29, 0.717) is 13.1 Å². The summed E-state index contributed by atoms with van der Waals surface area (Å²) in [4.78, 5) is 27.4. The first-order valence-electron chi connectivity index (χ1n) is 6.56. The fraction of sp³-hybridized carbons (Fsp3) is 0.429. The number of benzene rings is 1. The zero-order valence-electron chi connectivity index (χ0n) is 11.4. The van der Waals surface area contributed by atoms with Crippen LogP contribution in [-0.2, 0) is 16.1 Å².